The van der Waals surface area contributed by atoms with Crippen molar-refractivity contribution in [1.29, 1.82) is 0 Å². The third-order valence-electron chi connectivity index (χ3n) is 3.58. The summed E-state index contributed by atoms with van der Waals surface area (Å²) in [5.41, 5.74) is 0. The molecule has 1 aliphatic rings. The van der Waals surface area contributed by atoms with Crippen LogP contribution in [-0.2, 0) is 6.42 Å². The molecule has 1 saturated carbocycles. The normalized spacial score (nSPS) is 15.3. The molecule has 1 fully saturated rings. The molecule has 0 atom stereocenters. The zero-order valence-corrected chi connectivity index (χ0v) is 11.7. The Kier molecular flexibility index (Phi) is 4.39. The first-order chi connectivity index (χ1) is 8.72. The first-order valence-corrected chi connectivity index (χ1v) is 7.05. The SMILES string of the molecule is CCNc1cc(N(C)CC2CCC2)nc(CC)n1. The summed E-state index contributed by atoms with van der Waals surface area (Å²) in [5, 5.41) is 3.28. The maximum atomic E-state index is 4.62. The van der Waals surface area contributed by atoms with Crippen LogP contribution in [-0.4, -0.2) is 30.1 Å². The summed E-state index contributed by atoms with van der Waals surface area (Å²) in [6.07, 6.45) is 5.01. The Balaban J connectivity index is 2.10. The smallest absolute Gasteiger partial charge is 0.134 e. The second-order valence-corrected chi connectivity index (χ2v) is 5.09. The Hall–Kier alpha value is -1.32. The van der Waals surface area contributed by atoms with Gasteiger partial charge in [0.25, 0.3) is 0 Å². The Bertz CT molecular complexity index is 387. The van der Waals surface area contributed by atoms with Gasteiger partial charge >= 0.3 is 0 Å². The van der Waals surface area contributed by atoms with E-state index >= 15 is 0 Å². The van der Waals surface area contributed by atoms with Gasteiger partial charge in [0, 0.05) is 32.6 Å². The molecule has 100 valence electrons. The number of aryl methyl sites for hydroxylation is 1. The lowest BCUT2D eigenvalue weighted by Gasteiger charge is -2.30. The molecule has 4 heteroatoms. The van der Waals surface area contributed by atoms with E-state index in [2.05, 4.69) is 47.1 Å². The van der Waals surface area contributed by atoms with Crippen molar-refractivity contribution < 1.29 is 0 Å². The Morgan fingerprint density at radius 3 is 2.67 bits per heavy atom. The number of hydrogen-bond donors (Lipinski definition) is 1. The third-order valence-corrected chi connectivity index (χ3v) is 3.58. The number of anilines is 2. The maximum absolute atomic E-state index is 4.62. The van der Waals surface area contributed by atoms with Crippen molar-refractivity contribution in [2.75, 3.05) is 30.4 Å². The molecule has 0 bridgehead atoms. The van der Waals surface area contributed by atoms with Crippen molar-refractivity contribution in [3.8, 4) is 0 Å². The van der Waals surface area contributed by atoms with Gasteiger partial charge < -0.3 is 10.2 Å². The summed E-state index contributed by atoms with van der Waals surface area (Å²) in [6.45, 7) is 6.20. The monoisotopic (exact) mass is 248 g/mol. The lowest BCUT2D eigenvalue weighted by Crippen LogP contribution is -2.30. The second-order valence-electron chi connectivity index (χ2n) is 5.09. The first kappa shape index (κ1) is 13.1. The summed E-state index contributed by atoms with van der Waals surface area (Å²) in [7, 11) is 2.13. The molecule has 0 amide bonds. The van der Waals surface area contributed by atoms with Crippen molar-refractivity contribution in [1.82, 2.24) is 9.97 Å². The number of aromatic nitrogens is 2. The van der Waals surface area contributed by atoms with Gasteiger partial charge in [-0.2, -0.15) is 0 Å². The van der Waals surface area contributed by atoms with Crippen LogP contribution in [0.1, 0.15) is 38.9 Å². The molecule has 0 radical (unpaired) electrons. The van der Waals surface area contributed by atoms with Gasteiger partial charge in [-0.25, -0.2) is 9.97 Å². The minimum absolute atomic E-state index is 0.859. The lowest BCUT2D eigenvalue weighted by molar-refractivity contribution is 0.321. The van der Waals surface area contributed by atoms with E-state index in [-0.39, 0.29) is 0 Å². The summed E-state index contributed by atoms with van der Waals surface area (Å²) in [5.74, 6) is 3.77. The fourth-order valence-electron chi connectivity index (χ4n) is 2.26. The van der Waals surface area contributed by atoms with Crippen LogP contribution in [0.15, 0.2) is 6.07 Å². The van der Waals surface area contributed by atoms with Crippen LogP contribution in [0.4, 0.5) is 11.6 Å². The summed E-state index contributed by atoms with van der Waals surface area (Å²) < 4.78 is 0. The van der Waals surface area contributed by atoms with E-state index in [9.17, 15) is 0 Å². The molecule has 4 nitrogen and oxygen atoms in total. The van der Waals surface area contributed by atoms with Crippen LogP contribution in [0.5, 0.6) is 0 Å². The number of nitrogens with zero attached hydrogens (tertiary/aromatic N) is 3. The molecule has 1 N–H and O–H groups in total. The zero-order chi connectivity index (χ0) is 13.0. The molecule has 1 aliphatic carbocycles. The maximum Gasteiger partial charge on any atom is 0.134 e. The van der Waals surface area contributed by atoms with Gasteiger partial charge in [-0.15, -0.1) is 0 Å². The summed E-state index contributed by atoms with van der Waals surface area (Å²) in [4.78, 5) is 11.4. The van der Waals surface area contributed by atoms with Gasteiger partial charge in [0.15, 0.2) is 0 Å². The predicted molar refractivity (Wildman–Crippen MR) is 76.2 cm³/mol. The highest BCUT2D eigenvalue weighted by atomic mass is 15.2. The van der Waals surface area contributed by atoms with Crippen LogP contribution < -0.4 is 10.2 Å². The van der Waals surface area contributed by atoms with E-state index in [4.69, 9.17) is 0 Å². The molecular formula is C14H24N4. The van der Waals surface area contributed by atoms with Crippen molar-refractivity contribution >= 4 is 11.6 Å². The molecule has 0 aromatic carbocycles. The van der Waals surface area contributed by atoms with Crippen molar-refractivity contribution in [2.45, 2.75) is 39.5 Å². The molecule has 18 heavy (non-hydrogen) atoms. The molecule has 1 aromatic rings. The topological polar surface area (TPSA) is 41.0 Å². The minimum Gasteiger partial charge on any atom is -0.370 e. The van der Waals surface area contributed by atoms with Crippen molar-refractivity contribution in [3.05, 3.63) is 11.9 Å². The van der Waals surface area contributed by atoms with Gasteiger partial charge in [0.1, 0.15) is 17.5 Å². The largest absolute Gasteiger partial charge is 0.370 e. The van der Waals surface area contributed by atoms with E-state index in [1.165, 1.54) is 19.3 Å². The summed E-state index contributed by atoms with van der Waals surface area (Å²) in [6, 6.07) is 2.06. The quantitative estimate of drug-likeness (QED) is 0.840. The number of hydrogen-bond acceptors (Lipinski definition) is 4. The molecule has 0 aliphatic heterocycles. The van der Waals surface area contributed by atoms with Crippen LogP contribution in [0.3, 0.4) is 0 Å². The van der Waals surface area contributed by atoms with Gasteiger partial charge in [-0.05, 0) is 25.7 Å². The third kappa shape index (κ3) is 3.12. The first-order valence-electron chi connectivity index (χ1n) is 7.05. The average Bonchev–Trinajstić information content (AvgIpc) is 2.33. The van der Waals surface area contributed by atoms with Gasteiger partial charge in [-0.1, -0.05) is 13.3 Å². The summed E-state index contributed by atoms with van der Waals surface area (Å²) >= 11 is 0. The average molecular weight is 248 g/mol. The van der Waals surface area contributed by atoms with E-state index in [0.29, 0.717) is 0 Å². The molecular weight excluding hydrogens is 224 g/mol. The fourth-order valence-corrected chi connectivity index (χ4v) is 2.26. The van der Waals surface area contributed by atoms with Crippen molar-refractivity contribution in [3.63, 3.8) is 0 Å². The molecule has 0 saturated heterocycles. The molecule has 1 aromatic heterocycles. The van der Waals surface area contributed by atoms with E-state index in [1.807, 2.05) is 0 Å². The highest BCUT2D eigenvalue weighted by Crippen LogP contribution is 2.28. The highest BCUT2D eigenvalue weighted by molar-refractivity contribution is 5.49. The van der Waals surface area contributed by atoms with Gasteiger partial charge in [0.2, 0.25) is 0 Å². The Morgan fingerprint density at radius 2 is 2.11 bits per heavy atom. The van der Waals surface area contributed by atoms with Gasteiger partial charge in [0.05, 0.1) is 0 Å². The molecule has 0 unspecified atom stereocenters. The van der Waals surface area contributed by atoms with E-state index < -0.39 is 0 Å². The van der Waals surface area contributed by atoms with Crippen LogP contribution in [0.2, 0.25) is 0 Å². The molecule has 0 spiro atoms. The van der Waals surface area contributed by atoms with E-state index in [0.717, 1.165) is 42.9 Å². The van der Waals surface area contributed by atoms with E-state index in [1.54, 1.807) is 0 Å². The van der Waals surface area contributed by atoms with Crippen LogP contribution >= 0.6 is 0 Å². The second kappa shape index (κ2) is 6.03. The molecule has 1 heterocycles. The fraction of sp³-hybridized carbons (Fsp3) is 0.714. The standard InChI is InChI=1S/C14H24N4/c1-4-12-16-13(15-5-2)9-14(17-12)18(3)10-11-7-6-8-11/h9,11H,4-8,10H2,1-3H3,(H,15,16,17). The minimum atomic E-state index is 0.859. The van der Waals surface area contributed by atoms with Crippen LogP contribution in [0.25, 0.3) is 0 Å². The predicted octanol–water partition coefficient (Wildman–Crippen LogP) is 2.71. The van der Waals surface area contributed by atoms with Crippen molar-refractivity contribution in [2.24, 2.45) is 5.92 Å². The zero-order valence-electron chi connectivity index (χ0n) is 11.7. The lowest BCUT2D eigenvalue weighted by atomic mass is 9.85. The highest BCUT2D eigenvalue weighted by Gasteiger charge is 2.20. The molecule has 2 rings (SSSR count). The number of rotatable bonds is 6. The number of nitrogens with one attached hydrogen (secondary N) is 1. The Morgan fingerprint density at radius 1 is 1.33 bits per heavy atom. The van der Waals surface area contributed by atoms with Crippen LogP contribution in [0, 0.1) is 5.92 Å². The Labute approximate surface area is 110 Å². The van der Waals surface area contributed by atoms with Gasteiger partial charge in [-0.3, -0.25) is 0 Å².